The highest BCUT2D eigenvalue weighted by Gasteiger charge is 2.16. The summed E-state index contributed by atoms with van der Waals surface area (Å²) in [5.41, 5.74) is 1.19. The minimum Gasteiger partial charge on any atom is -0.361 e. The third kappa shape index (κ3) is 4.75. The summed E-state index contributed by atoms with van der Waals surface area (Å²) < 4.78 is 4.93. The lowest BCUT2D eigenvalue weighted by Gasteiger charge is -2.05. The van der Waals surface area contributed by atoms with Gasteiger partial charge in [-0.25, -0.2) is 0 Å². The van der Waals surface area contributed by atoms with Gasteiger partial charge in [-0.2, -0.15) is 0 Å². The molecule has 0 unspecified atom stereocenters. The summed E-state index contributed by atoms with van der Waals surface area (Å²) in [6.07, 6.45) is 1.10. The first-order valence-electron chi connectivity index (χ1n) is 5.58. The average Bonchev–Trinajstić information content (AvgIpc) is 2.58. The molecule has 0 saturated heterocycles. The molecule has 1 amide bonds. The molecule has 17 heavy (non-hydrogen) atoms. The van der Waals surface area contributed by atoms with E-state index < -0.39 is 0 Å². The van der Waals surface area contributed by atoms with Crippen molar-refractivity contribution in [2.45, 2.75) is 27.2 Å². The molecule has 1 rings (SSSR count). The molecule has 0 fully saturated rings. The third-order valence-electron chi connectivity index (χ3n) is 2.27. The van der Waals surface area contributed by atoms with Crippen LogP contribution in [0.1, 0.15) is 35.2 Å². The van der Waals surface area contributed by atoms with E-state index in [1.807, 2.05) is 0 Å². The van der Waals surface area contributed by atoms with Crippen molar-refractivity contribution in [2.75, 3.05) is 19.6 Å². The predicted octanol–water partition coefficient (Wildman–Crippen LogP) is 1.44. The highest BCUT2D eigenvalue weighted by atomic mass is 35.5. The monoisotopic (exact) mass is 261 g/mol. The van der Waals surface area contributed by atoms with Crippen molar-refractivity contribution < 1.29 is 9.32 Å². The van der Waals surface area contributed by atoms with E-state index in [1.54, 1.807) is 13.8 Å². The Bertz CT molecular complexity index is 333. The molecule has 5 nitrogen and oxygen atoms in total. The van der Waals surface area contributed by atoms with Gasteiger partial charge in [0.2, 0.25) is 0 Å². The summed E-state index contributed by atoms with van der Waals surface area (Å²) in [5, 5.41) is 9.78. The van der Waals surface area contributed by atoms with Crippen LogP contribution in [0.4, 0.5) is 0 Å². The summed E-state index contributed by atoms with van der Waals surface area (Å²) in [5.74, 6) is 0.450. The van der Waals surface area contributed by atoms with Crippen molar-refractivity contribution >= 4 is 18.3 Å². The van der Waals surface area contributed by atoms with Crippen LogP contribution in [0.2, 0.25) is 0 Å². The zero-order valence-electron chi connectivity index (χ0n) is 10.5. The summed E-state index contributed by atoms with van der Waals surface area (Å²) >= 11 is 0. The second-order valence-electron chi connectivity index (χ2n) is 3.71. The molecule has 98 valence electrons. The number of rotatable bonds is 6. The Morgan fingerprint density at radius 3 is 2.53 bits per heavy atom. The number of aryl methyl sites for hydroxylation is 2. The maximum Gasteiger partial charge on any atom is 0.256 e. The van der Waals surface area contributed by atoms with Crippen molar-refractivity contribution in [3.8, 4) is 0 Å². The molecule has 0 radical (unpaired) electrons. The first-order chi connectivity index (χ1) is 7.66. The van der Waals surface area contributed by atoms with Crippen LogP contribution >= 0.6 is 12.4 Å². The summed E-state index contributed by atoms with van der Waals surface area (Å²) in [4.78, 5) is 11.7. The molecule has 0 aliphatic rings. The molecule has 0 saturated carbocycles. The molecular formula is C11H20ClN3O2. The molecule has 1 heterocycles. The van der Waals surface area contributed by atoms with Gasteiger partial charge in [0.25, 0.3) is 5.91 Å². The van der Waals surface area contributed by atoms with E-state index in [0.717, 1.165) is 19.5 Å². The Hall–Kier alpha value is -1.07. The van der Waals surface area contributed by atoms with E-state index in [2.05, 4.69) is 22.7 Å². The van der Waals surface area contributed by atoms with Crippen molar-refractivity contribution in [1.29, 1.82) is 0 Å². The van der Waals surface area contributed by atoms with E-state index in [4.69, 9.17) is 4.52 Å². The number of halogens is 1. The molecule has 0 aromatic carbocycles. The molecule has 0 aliphatic carbocycles. The molecule has 0 aliphatic heterocycles. The minimum atomic E-state index is -0.116. The second kappa shape index (κ2) is 8.08. The van der Waals surface area contributed by atoms with Crippen LogP contribution in [0.15, 0.2) is 4.52 Å². The molecule has 2 N–H and O–H groups in total. The first-order valence-corrected chi connectivity index (χ1v) is 5.58. The second-order valence-corrected chi connectivity index (χ2v) is 3.71. The summed E-state index contributed by atoms with van der Waals surface area (Å²) in [7, 11) is 0. The van der Waals surface area contributed by atoms with E-state index in [-0.39, 0.29) is 18.3 Å². The Kier molecular flexibility index (Phi) is 7.58. The van der Waals surface area contributed by atoms with Crippen LogP contribution in [0.3, 0.4) is 0 Å². The van der Waals surface area contributed by atoms with Gasteiger partial charge in [0.15, 0.2) is 0 Å². The zero-order valence-corrected chi connectivity index (χ0v) is 11.3. The normalized spacial score (nSPS) is 9.82. The quantitative estimate of drug-likeness (QED) is 0.761. The number of nitrogens with one attached hydrogen (secondary N) is 2. The van der Waals surface area contributed by atoms with E-state index >= 15 is 0 Å². The fourth-order valence-corrected chi connectivity index (χ4v) is 1.46. The van der Waals surface area contributed by atoms with Gasteiger partial charge in [0.1, 0.15) is 11.3 Å². The van der Waals surface area contributed by atoms with Crippen molar-refractivity contribution in [3.05, 3.63) is 17.0 Å². The standard InChI is InChI=1S/C11H19N3O2.ClH/c1-4-5-12-6-7-13-11(15)10-8(2)14-16-9(10)3;/h12H,4-7H2,1-3H3,(H,13,15);1H. The van der Waals surface area contributed by atoms with Crippen LogP contribution in [0, 0.1) is 13.8 Å². The van der Waals surface area contributed by atoms with Crippen molar-refractivity contribution in [3.63, 3.8) is 0 Å². The van der Waals surface area contributed by atoms with Gasteiger partial charge in [-0.05, 0) is 26.8 Å². The third-order valence-corrected chi connectivity index (χ3v) is 2.27. The van der Waals surface area contributed by atoms with Crippen LogP contribution in [-0.2, 0) is 0 Å². The number of nitrogens with zero attached hydrogens (tertiary/aromatic N) is 1. The smallest absolute Gasteiger partial charge is 0.256 e. The molecule has 6 heteroatoms. The lowest BCUT2D eigenvalue weighted by molar-refractivity contribution is 0.0952. The van der Waals surface area contributed by atoms with Gasteiger partial charge in [0, 0.05) is 13.1 Å². The number of carbonyl (C=O) groups excluding carboxylic acids is 1. The maximum absolute atomic E-state index is 11.7. The lowest BCUT2D eigenvalue weighted by Crippen LogP contribution is -2.32. The van der Waals surface area contributed by atoms with Crippen molar-refractivity contribution in [1.82, 2.24) is 15.8 Å². The maximum atomic E-state index is 11.7. The first kappa shape index (κ1) is 15.9. The summed E-state index contributed by atoms with van der Waals surface area (Å²) in [6.45, 7) is 7.98. The Labute approximate surface area is 108 Å². The van der Waals surface area contributed by atoms with Gasteiger partial charge >= 0.3 is 0 Å². The fourth-order valence-electron chi connectivity index (χ4n) is 1.46. The highest BCUT2D eigenvalue weighted by Crippen LogP contribution is 2.11. The van der Waals surface area contributed by atoms with E-state index in [9.17, 15) is 4.79 Å². The van der Waals surface area contributed by atoms with Crippen LogP contribution < -0.4 is 10.6 Å². The molecular weight excluding hydrogens is 242 g/mol. The Balaban J connectivity index is 0.00000256. The minimum absolute atomic E-state index is 0. The molecule has 0 spiro atoms. The van der Waals surface area contributed by atoms with Crippen LogP contribution in [-0.4, -0.2) is 30.7 Å². The van der Waals surface area contributed by atoms with Gasteiger partial charge in [0.05, 0.1) is 5.69 Å². The van der Waals surface area contributed by atoms with Crippen LogP contribution in [0.25, 0.3) is 0 Å². The van der Waals surface area contributed by atoms with Gasteiger partial charge < -0.3 is 15.2 Å². The Morgan fingerprint density at radius 2 is 2.00 bits per heavy atom. The van der Waals surface area contributed by atoms with Gasteiger partial charge in [-0.1, -0.05) is 12.1 Å². The van der Waals surface area contributed by atoms with Crippen LogP contribution in [0.5, 0.6) is 0 Å². The topological polar surface area (TPSA) is 67.2 Å². The largest absolute Gasteiger partial charge is 0.361 e. The fraction of sp³-hybridized carbons (Fsp3) is 0.636. The zero-order chi connectivity index (χ0) is 12.0. The summed E-state index contributed by atoms with van der Waals surface area (Å²) in [6, 6.07) is 0. The highest BCUT2D eigenvalue weighted by molar-refractivity contribution is 5.96. The number of hydrogen-bond donors (Lipinski definition) is 2. The number of carbonyl (C=O) groups is 1. The number of hydrogen-bond acceptors (Lipinski definition) is 4. The molecule has 0 bridgehead atoms. The van der Waals surface area contributed by atoms with E-state index in [0.29, 0.717) is 23.6 Å². The predicted molar refractivity (Wildman–Crippen MR) is 68.7 cm³/mol. The average molecular weight is 262 g/mol. The Morgan fingerprint density at radius 1 is 1.29 bits per heavy atom. The molecule has 0 atom stereocenters. The number of aromatic nitrogens is 1. The van der Waals surface area contributed by atoms with Crippen molar-refractivity contribution in [2.24, 2.45) is 0 Å². The molecule has 1 aromatic heterocycles. The molecule has 1 aromatic rings. The number of amides is 1. The van der Waals surface area contributed by atoms with E-state index in [1.165, 1.54) is 0 Å². The SMILES string of the molecule is CCCNCCNC(=O)c1c(C)noc1C.Cl. The lowest BCUT2D eigenvalue weighted by atomic mass is 10.2. The van der Waals surface area contributed by atoms with Gasteiger partial charge in [-0.3, -0.25) is 4.79 Å². The van der Waals surface area contributed by atoms with Gasteiger partial charge in [-0.15, -0.1) is 12.4 Å².